The summed E-state index contributed by atoms with van der Waals surface area (Å²) in [6.07, 6.45) is 4.19. The quantitative estimate of drug-likeness (QED) is 0.813. The molecule has 3 rings (SSSR count). The Balaban J connectivity index is 1.57. The number of likely N-dealkylation sites (tertiary alicyclic amines) is 1. The van der Waals surface area contributed by atoms with Gasteiger partial charge in [-0.1, -0.05) is 28.1 Å². The van der Waals surface area contributed by atoms with Gasteiger partial charge in [-0.2, -0.15) is 0 Å². The number of hydrogen-bond donors (Lipinski definition) is 0. The smallest absolute Gasteiger partial charge is 0.0175 e. The lowest BCUT2D eigenvalue weighted by Crippen LogP contribution is -2.29. The third-order valence-electron chi connectivity index (χ3n) is 4.38. The van der Waals surface area contributed by atoms with Crippen LogP contribution in [0.2, 0.25) is 0 Å². The molecule has 1 saturated carbocycles. The van der Waals surface area contributed by atoms with E-state index in [4.69, 9.17) is 0 Å². The van der Waals surface area contributed by atoms with Crippen LogP contribution in [0.3, 0.4) is 0 Å². The predicted molar refractivity (Wildman–Crippen MR) is 75.3 cm³/mol. The second-order valence-corrected chi connectivity index (χ2v) is 6.56. The molecule has 1 nitrogen and oxygen atoms in total. The maximum atomic E-state index is 3.50. The molecule has 0 spiro atoms. The molecule has 92 valence electrons. The van der Waals surface area contributed by atoms with Crippen molar-refractivity contribution in [2.75, 3.05) is 13.1 Å². The first kappa shape index (κ1) is 11.7. The highest BCUT2D eigenvalue weighted by atomic mass is 79.9. The Morgan fingerprint density at radius 2 is 2.06 bits per heavy atom. The lowest BCUT2D eigenvalue weighted by molar-refractivity contribution is 0.256. The van der Waals surface area contributed by atoms with Gasteiger partial charge >= 0.3 is 0 Å². The number of halogens is 1. The molecule has 1 aromatic rings. The third kappa shape index (κ3) is 2.58. The Morgan fingerprint density at radius 3 is 2.71 bits per heavy atom. The highest BCUT2D eigenvalue weighted by molar-refractivity contribution is 9.10. The fourth-order valence-electron chi connectivity index (χ4n) is 3.13. The molecule has 3 atom stereocenters. The summed E-state index contributed by atoms with van der Waals surface area (Å²) in [5.41, 5.74) is 1.53. The van der Waals surface area contributed by atoms with Crippen LogP contribution < -0.4 is 0 Å². The van der Waals surface area contributed by atoms with E-state index in [0.29, 0.717) is 0 Å². The van der Waals surface area contributed by atoms with Gasteiger partial charge in [0, 0.05) is 17.1 Å². The van der Waals surface area contributed by atoms with Gasteiger partial charge in [-0.15, -0.1) is 0 Å². The third-order valence-corrected chi connectivity index (χ3v) is 4.91. The van der Waals surface area contributed by atoms with Gasteiger partial charge in [-0.3, -0.25) is 0 Å². The summed E-state index contributed by atoms with van der Waals surface area (Å²) in [7, 11) is 0. The van der Waals surface area contributed by atoms with Gasteiger partial charge in [0.15, 0.2) is 0 Å². The van der Waals surface area contributed by atoms with Crippen molar-refractivity contribution in [1.29, 1.82) is 0 Å². The van der Waals surface area contributed by atoms with E-state index >= 15 is 0 Å². The van der Waals surface area contributed by atoms with E-state index in [2.05, 4.69) is 52.0 Å². The molecule has 1 aliphatic carbocycles. The highest BCUT2D eigenvalue weighted by Crippen LogP contribution is 2.48. The molecule has 1 aromatic carbocycles. The normalized spacial score (nSPS) is 32.9. The Kier molecular flexibility index (Phi) is 3.27. The van der Waals surface area contributed by atoms with Gasteiger partial charge in [-0.25, -0.2) is 0 Å². The largest absolute Gasteiger partial charge is 0.300 e. The van der Waals surface area contributed by atoms with Crippen molar-refractivity contribution < 1.29 is 0 Å². The maximum absolute atomic E-state index is 3.50. The Bertz CT molecular complexity index is 386. The lowest BCUT2D eigenvalue weighted by atomic mass is 10.1. The number of rotatable bonds is 3. The maximum Gasteiger partial charge on any atom is 0.0175 e. The van der Waals surface area contributed by atoms with Crippen LogP contribution in [0.15, 0.2) is 28.7 Å². The Morgan fingerprint density at radius 1 is 1.29 bits per heavy atom. The fraction of sp³-hybridized carbons (Fsp3) is 0.600. The summed E-state index contributed by atoms with van der Waals surface area (Å²) >= 11 is 3.50. The first-order chi connectivity index (χ1) is 8.24. The molecule has 0 N–H and O–H groups in total. The van der Waals surface area contributed by atoms with Gasteiger partial charge < -0.3 is 4.90 Å². The molecule has 2 fully saturated rings. The van der Waals surface area contributed by atoms with Crippen molar-refractivity contribution in [3.63, 3.8) is 0 Å². The van der Waals surface area contributed by atoms with Gasteiger partial charge in [-0.05, 0) is 62.3 Å². The van der Waals surface area contributed by atoms with Crippen LogP contribution in [0.5, 0.6) is 0 Å². The average molecular weight is 294 g/mol. The van der Waals surface area contributed by atoms with E-state index in [1.54, 1.807) is 0 Å². The van der Waals surface area contributed by atoms with E-state index < -0.39 is 0 Å². The second-order valence-electron chi connectivity index (χ2n) is 5.64. The minimum Gasteiger partial charge on any atom is -0.300 e. The summed E-state index contributed by atoms with van der Waals surface area (Å²) in [4.78, 5) is 2.68. The zero-order valence-corrected chi connectivity index (χ0v) is 12.0. The molecule has 0 bridgehead atoms. The van der Waals surface area contributed by atoms with Gasteiger partial charge in [0.1, 0.15) is 0 Å². The van der Waals surface area contributed by atoms with Crippen molar-refractivity contribution in [2.24, 2.45) is 5.92 Å². The monoisotopic (exact) mass is 293 g/mol. The van der Waals surface area contributed by atoms with Gasteiger partial charge in [0.25, 0.3) is 0 Å². The summed E-state index contributed by atoms with van der Waals surface area (Å²) in [6, 6.07) is 9.72. The minimum atomic E-state index is 0.821. The molecule has 1 saturated heterocycles. The van der Waals surface area contributed by atoms with Crippen LogP contribution in [0.4, 0.5) is 0 Å². The number of nitrogens with zero attached hydrogens (tertiary/aromatic N) is 1. The van der Waals surface area contributed by atoms with Gasteiger partial charge in [0.05, 0.1) is 0 Å². The van der Waals surface area contributed by atoms with Crippen molar-refractivity contribution in [1.82, 2.24) is 4.90 Å². The number of benzene rings is 1. The second kappa shape index (κ2) is 4.74. The Labute approximate surface area is 112 Å². The van der Waals surface area contributed by atoms with E-state index in [9.17, 15) is 0 Å². The lowest BCUT2D eigenvalue weighted by Gasteiger charge is -2.20. The first-order valence-electron chi connectivity index (χ1n) is 6.73. The van der Waals surface area contributed by atoms with E-state index in [0.717, 1.165) is 17.9 Å². The van der Waals surface area contributed by atoms with Crippen molar-refractivity contribution in [2.45, 2.75) is 38.1 Å². The molecule has 1 unspecified atom stereocenters. The van der Waals surface area contributed by atoms with Crippen molar-refractivity contribution in [3.8, 4) is 0 Å². The summed E-state index contributed by atoms with van der Waals surface area (Å²) < 4.78 is 1.19. The summed E-state index contributed by atoms with van der Waals surface area (Å²) in [5, 5.41) is 0. The molecule has 0 radical (unpaired) electrons. The molecule has 17 heavy (non-hydrogen) atoms. The van der Waals surface area contributed by atoms with Crippen LogP contribution >= 0.6 is 15.9 Å². The fourth-order valence-corrected chi connectivity index (χ4v) is 3.40. The predicted octanol–water partition coefficient (Wildman–Crippen LogP) is 4.04. The highest BCUT2D eigenvalue weighted by Gasteiger charge is 2.40. The van der Waals surface area contributed by atoms with Gasteiger partial charge in [0.2, 0.25) is 0 Å². The molecule has 2 heteroatoms. The van der Waals surface area contributed by atoms with Crippen LogP contribution in [-0.2, 0) is 0 Å². The molecule has 0 amide bonds. The minimum absolute atomic E-state index is 0.821. The average Bonchev–Trinajstić information content (AvgIpc) is 2.97. The number of hydrogen-bond acceptors (Lipinski definition) is 1. The van der Waals surface area contributed by atoms with Crippen molar-refractivity contribution in [3.05, 3.63) is 34.3 Å². The standard InChI is InChI=1S/C15H20BrN/c1-11-3-2-8-17(11)10-13-9-15(13)12-4-6-14(16)7-5-12/h4-7,11,13,15H,2-3,8-10H2,1H3/t11-,13?,15-/m1/s1. The summed E-state index contributed by atoms with van der Waals surface area (Å²) in [6.45, 7) is 5.02. The van der Waals surface area contributed by atoms with Crippen LogP contribution in [0, 0.1) is 5.92 Å². The SMILES string of the molecule is C[C@@H]1CCCN1CC1C[C@@H]1c1ccc(Br)cc1. The van der Waals surface area contributed by atoms with E-state index in [1.807, 2.05) is 0 Å². The van der Waals surface area contributed by atoms with E-state index in [1.165, 1.54) is 42.4 Å². The zero-order chi connectivity index (χ0) is 11.8. The summed E-state index contributed by atoms with van der Waals surface area (Å²) in [5.74, 6) is 1.74. The van der Waals surface area contributed by atoms with Crippen molar-refractivity contribution >= 4 is 15.9 Å². The topological polar surface area (TPSA) is 3.24 Å². The molecule has 0 aromatic heterocycles. The zero-order valence-electron chi connectivity index (χ0n) is 10.4. The molecular weight excluding hydrogens is 274 g/mol. The molecule has 2 aliphatic rings. The molecule has 1 heterocycles. The van der Waals surface area contributed by atoms with Crippen LogP contribution in [0.1, 0.15) is 37.7 Å². The molecular formula is C15H20BrN. The molecule has 1 aliphatic heterocycles. The van der Waals surface area contributed by atoms with E-state index in [-0.39, 0.29) is 0 Å². The Hall–Kier alpha value is -0.340. The van der Waals surface area contributed by atoms with Crippen LogP contribution in [-0.4, -0.2) is 24.0 Å². The van der Waals surface area contributed by atoms with Crippen LogP contribution in [0.25, 0.3) is 0 Å². The first-order valence-corrected chi connectivity index (χ1v) is 7.53.